The summed E-state index contributed by atoms with van der Waals surface area (Å²) in [6.45, 7) is 8.59. The monoisotopic (exact) mass is 538 g/mol. The Morgan fingerprint density at radius 2 is 1.28 bits per heavy atom. The maximum absolute atomic E-state index is 11.9. The van der Waals surface area contributed by atoms with Crippen LogP contribution < -0.4 is 5.32 Å². The zero-order chi connectivity index (χ0) is 27.7. The number of hydrogen-bond acceptors (Lipinski definition) is 6. The molecule has 0 saturated carbocycles. The van der Waals surface area contributed by atoms with Crippen molar-refractivity contribution in [2.75, 3.05) is 40.3 Å². The number of unbranched alkanes of at least 4 members (excludes halogenated alkanes) is 13. The highest BCUT2D eigenvalue weighted by atomic mass is 32.3. The molecule has 9 heteroatoms. The molecule has 0 aliphatic carbocycles. The van der Waals surface area contributed by atoms with Crippen molar-refractivity contribution in [3.05, 3.63) is 0 Å². The molecule has 218 valence electrons. The van der Waals surface area contributed by atoms with Crippen molar-refractivity contribution in [2.45, 2.75) is 130 Å². The van der Waals surface area contributed by atoms with Crippen LogP contribution in [0.3, 0.4) is 0 Å². The molecule has 0 aromatic carbocycles. The van der Waals surface area contributed by atoms with Crippen LogP contribution in [0.1, 0.15) is 124 Å². The molecule has 0 aromatic rings. The fourth-order valence-corrected chi connectivity index (χ4v) is 4.09. The van der Waals surface area contributed by atoms with E-state index >= 15 is 0 Å². The highest BCUT2D eigenvalue weighted by Crippen LogP contribution is 2.13. The minimum absolute atomic E-state index is 0.0914. The van der Waals surface area contributed by atoms with Gasteiger partial charge < -0.3 is 19.5 Å². The van der Waals surface area contributed by atoms with Crippen LogP contribution in [-0.4, -0.2) is 74.9 Å². The predicted octanol–water partition coefficient (Wildman–Crippen LogP) is 5.30. The number of nitrogens with one attached hydrogen (secondary N) is 1. The molecule has 0 bridgehead atoms. The van der Waals surface area contributed by atoms with Gasteiger partial charge in [0.1, 0.15) is 6.10 Å². The number of rotatable bonds is 23. The summed E-state index contributed by atoms with van der Waals surface area (Å²) >= 11 is 0. The summed E-state index contributed by atoms with van der Waals surface area (Å²) in [7, 11) is -0.0229. The van der Waals surface area contributed by atoms with Crippen molar-refractivity contribution < 1.29 is 31.5 Å². The van der Waals surface area contributed by atoms with Gasteiger partial charge in [-0.1, -0.05) is 96.8 Å². The number of carbonyl (C=O) groups is 1. The van der Waals surface area contributed by atoms with Crippen LogP contribution in [0.2, 0.25) is 0 Å². The molecule has 0 aliphatic rings. The molecule has 0 aromatic heterocycles. The number of hydrogen-bond donors (Lipinski definition) is 2. The number of aliphatic hydroxyl groups excluding tert-OH is 1. The summed E-state index contributed by atoms with van der Waals surface area (Å²) in [5.41, 5.74) is 0. The van der Waals surface area contributed by atoms with Gasteiger partial charge in [0.25, 0.3) is 0 Å². The first-order valence-electron chi connectivity index (χ1n) is 14.4. The SMILES string of the molecule is CCCCCCCCCCCCCCCCC(O)C(=O)NCCC[N+](C)(C)CC.CCOS(=O)(=O)[O-]. The Labute approximate surface area is 223 Å². The largest absolute Gasteiger partial charge is 0.726 e. The van der Waals surface area contributed by atoms with Crippen molar-refractivity contribution in [1.29, 1.82) is 0 Å². The van der Waals surface area contributed by atoms with Crippen LogP contribution in [-0.2, 0) is 19.4 Å². The summed E-state index contributed by atoms with van der Waals surface area (Å²) in [4.78, 5) is 11.9. The van der Waals surface area contributed by atoms with Gasteiger partial charge in [-0.3, -0.25) is 8.98 Å². The first-order chi connectivity index (χ1) is 17.0. The molecule has 1 amide bonds. The highest BCUT2D eigenvalue weighted by molar-refractivity contribution is 7.80. The van der Waals surface area contributed by atoms with Crippen molar-refractivity contribution in [3.63, 3.8) is 0 Å². The molecule has 1 atom stereocenters. The average Bonchev–Trinajstić information content (AvgIpc) is 2.81. The van der Waals surface area contributed by atoms with Gasteiger partial charge in [0.15, 0.2) is 0 Å². The Hall–Kier alpha value is -0.740. The Morgan fingerprint density at radius 1 is 0.833 bits per heavy atom. The Kier molecular flexibility index (Phi) is 25.6. The second-order valence-corrected chi connectivity index (χ2v) is 11.4. The molecule has 36 heavy (non-hydrogen) atoms. The first kappa shape index (κ1) is 37.4. The predicted molar refractivity (Wildman–Crippen MR) is 147 cm³/mol. The van der Waals surface area contributed by atoms with Gasteiger partial charge in [0, 0.05) is 13.0 Å². The summed E-state index contributed by atoms with van der Waals surface area (Å²) < 4.78 is 33.0. The maximum Gasteiger partial charge on any atom is 0.248 e. The summed E-state index contributed by atoms with van der Waals surface area (Å²) in [5.74, 6) is -0.193. The molecule has 0 heterocycles. The van der Waals surface area contributed by atoms with Gasteiger partial charge in [-0.15, -0.1) is 0 Å². The van der Waals surface area contributed by atoms with Gasteiger partial charge in [0.2, 0.25) is 16.3 Å². The molecule has 2 N–H and O–H groups in total. The number of amides is 1. The number of nitrogens with zero attached hydrogens (tertiary/aromatic N) is 1. The van der Waals surface area contributed by atoms with E-state index < -0.39 is 16.5 Å². The van der Waals surface area contributed by atoms with E-state index in [4.69, 9.17) is 0 Å². The van der Waals surface area contributed by atoms with E-state index in [1.165, 1.54) is 84.0 Å². The van der Waals surface area contributed by atoms with Gasteiger partial charge in [0.05, 0.1) is 33.8 Å². The second kappa shape index (κ2) is 24.6. The third-order valence-corrected chi connectivity index (χ3v) is 7.02. The lowest BCUT2D eigenvalue weighted by molar-refractivity contribution is -0.888. The molecule has 0 aliphatic heterocycles. The molecular weight excluding hydrogens is 480 g/mol. The molecule has 0 saturated heterocycles. The van der Waals surface area contributed by atoms with Crippen molar-refractivity contribution in [2.24, 2.45) is 0 Å². The topological polar surface area (TPSA) is 116 Å². The van der Waals surface area contributed by atoms with E-state index in [9.17, 15) is 22.9 Å². The average molecular weight is 539 g/mol. The van der Waals surface area contributed by atoms with E-state index in [0.717, 1.165) is 36.8 Å². The minimum Gasteiger partial charge on any atom is -0.726 e. The standard InChI is InChI=1S/C25H52N2O2.C2H6O4S/c1-5-7-8-9-10-11-12-13-14-15-16-17-18-19-21-24(28)25(29)26-22-20-23-27(3,4)6-2;1-2-6-7(3,4)5/h24,28H,5-23H2,1-4H3;2H2,1H3,(H,3,4,5). The van der Waals surface area contributed by atoms with Gasteiger partial charge >= 0.3 is 0 Å². The fourth-order valence-electron chi connectivity index (χ4n) is 3.80. The van der Waals surface area contributed by atoms with Crippen LogP contribution in [0.15, 0.2) is 0 Å². The zero-order valence-electron chi connectivity index (χ0n) is 24.1. The smallest absolute Gasteiger partial charge is 0.248 e. The van der Waals surface area contributed by atoms with Crippen molar-refractivity contribution in [3.8, 4) is 0 Å². The second-order valence-electron chi connectivity index (χ2n) is 10.3. The van der Waals surface area contributed by atoms with Gasteiger partial charge in [-0.2, -0.15) is 0 Å². The fraction of sp³-hybridized carbons (Fsp3) is 0.963. The minimum atomic E-state index is -4.42. The van der Waals surface area contributed by atoms with Crippen LogP contribution in [0.25, 0.3) is 0 Å². The summed E-state index contributed by atoms with van der Waals surface area (Å²) in [6.07, 6.45) is 19.3. The zero-order valence-corrected chi connectivity index (χ0v) is 24.9. The van der Waals surface area contributed by atoms with E-state index in [0.29, 0.717) is 13.0 Å². The van der Waals surface area contributed by atoms with E-state index in [1.54, 1.807) is 0 Å². The van der Waals surface area contributed by atoms with E-state index in [1.807, 2.05) is 0 Å². The van der Waals surface area contributed by atoms with Crippen molar-refractivity contribution in [1.82, 2.24) is 5.32 Å². The van der Waals surface area contributed by atoms with Crippen LogP contribution in [0.4, 0.5) is 0 Å². The third kappa shape index (κ3) is 29.5. The molecule has 0 fully saturated rings. The normalized spacial score (nSPS) is 12.6. The molecule has 1 unspecified atom stereocenters. The Balaban J connectivity index is 0. The Morgan fingerprint density at radius 3 is 1.64 bits per heavy atom. The molecular formula is C27H58N2O6S. The van der Waals surface area contributed by atoms with Crippen molar-refractivity contribution >= 4 is 16.3 Å². The maximum atomic E-state index is 11.9. The highest BCUT2D eigenvalue weighted by Gasteiger charge is 2.15. The molecule has 0 spiro atoms. The van der Waals surface area contributed by atoms with Crippen LogP contribution in [0, 0.1) is 0 Å². The molecule has 8 nitrogen and oxygen atoms in total. The molecule has 0 radical (unpaired) electrons. The quantitative estimate of drug-likeness (QED) is 0.0789. The summed E-state index contributed by atoms with van der Waals surface area (Å²) in [5, 5.41) is 12.9. The van der Waals surface area contributed by atoms with Crippen LogP contribution >= 0.6 is 0 Å². The molecule has 0 rings (SSSR count). The summed E-state index contributed by atoms with van der Waals surface area (Å²) in [6, 6.07) is 0. The van der Waals surface area contributed by atoms with E-state index in [-0.39, 0.29) is 12.5 Å². The first-order valence-corrected chi connectivity index (χ1v) is 15.7. The number of carbonyl (C=O) groups excluding carboxylic acids is 1. The Bertz CT molecular complexity index is 599. The van der Waals surface area contributed by atoms with Gasteiger partial charge in [-0.25, -0.2) is 8.42 Å². The number of quaternary nitrogens is 1. The lowest BCUT2D eigenvalue weighted by atomic mass is 10.0. The lowest BCUT2D eigenvalue weighted by Gasteiger charge is -2.28. The van der Waals surface area contributed by atoms with Crippen LogP contribution in [0.5, 0.6) is 0 Å². The number of aliphatic hydroxyl groups is 1. The lowest BCUT2D eigenvalue weighted by Crippen LogP contribution is -2.42. The van der Waals surface area contributed by atoms with Gasteiger partial charge in [-0.05, 0) is 20.3 Å². The van der Waals surface area contributed by atoms with E-state index in [2.05, 4.69) is 37.4 Å². The third-order valence-electron chi connectivity index (χ3n) is 6.49.